The molecule has 0 aliphatic heterocycles. The molecule has 0 aliphatic rings. The number of rotatable bonds is 4. The SMILES string of the molecule is CC(=O)c1cc(C(=O)Oc2ccc(C)c([N+](=O)[O-])c2)n(C)c1. The third-order valence-corrected chi connectivity index (χ3v) is 3.21. The van der Waals surface area contributed by atoms with Gasteiger partial charge in [0.1, 0.15) is 11.4 Å². The Kier molecular flexibility index (Phi) is 4.07. The molecule has 0 bridgehead atoms. The van der Waals surface area contributed by atoms with E-state index >= 15 is 0 Å². The number of nitrogens with zero attached hydrogens (tertiary/aromatic N) is 2. The van der Waals surface area contributed by atoms with Gasteiger partial charge in [0, 0.05) is 24.4 Å². The molecule has 0 saturated carbocycles. The van der Waals surface area contributed by atoms with Gasteiger partial charge in [0.15, 0.2) is 5.78 Å². The van der Waals surface area contributed by atoms with Gasteiger partial charge in [0.2, 0.25) is 0 Å². The zero-order valence-electron chi connectivity index (χ0n) is 12.3. The molecule has 2 rings (SSSR count). The lowest BCUT2D eigenvalue weighted by Crippen LogP contribution is -2.12. The summed E-state index contributed by atoms with van der Waals surface area (Å²) in [6.45, 7) is 2.99. The minimum absolute atomic E-state index is 0.0767. The Bertz CT molecular complexity index is 776. The van der Waals surface area contributed by atoms with E-state index in [2.05, 4.69) is 0 Å². The van der Waals surface area contributed by atoms with Crippen LogP contribution in [-0.4, -0.2) is 21.2 Å². The monoisotopic (exact) mass is 302 g/mol. The van der Waals surface area contributed by atoms with Gasteiger partial charge in [-0.15, -0.1) is 0 Å². The van der Waals surface area contributed by atoms with Crippen molar-refractivity contribution in [3.63, 3.8) is 0 Å². The van der Waals surface area contributed by atoms with Crippen LogP contribution < -0.4 is 4.74 Å². The largest absolute Gasteiger partial charge is 0.422 e. The Labute approximate surface area is 126 Å². The van der Waals surface area contributed by atoms with E-state index in [9.17, 15) is 19.7 Å². The molecule has 7 nitrogen and oxygen atoms in total. The second-order valence-corrected chi connectivity index (χ2v) is 4.88. The number of ketones is 1. The Balaban J connectivity index is 2.27. The van der Waals surface area contributed by atoms with Gasteiger partial charge in [-0.05, 0) is 32.0 Å². The number of nitro benzene ring substituents is 1. The highest BCUT2D eigenvalue weighted by Gasteiger charge is 2.18. The third-order valence-electron chi connectivity index (χ3n) is 3.21. The summed E-state index contributed by atoms with van der Waals surface area (Å²) >= 11 is 0. The van der Waals surface area contributed by atoms with Gasteiger partial charge in [0.05, 0.1) is 11.0 Å². The molecule has 0 radical (unpaired) electrons. The van der Waals surface area contributed by atoms with Crippen molar-refractivity contribution in [3.05, 3.63) is 57.4 Å². The summed E-state index contributed by atoms with van der Waals surface area (Å²) in [5, 5.41) is 10.9. The molecule has 114 valence electrons. The van der Waals surface area contributed by atoms with Crippen LogP contribution in [0.4, 0.5) is 5.69 Å². The standard InChI is InChI=1S/C15H14N2O5/c1-9-4-5-12(7-13(9)17(20)21)22-15(19)14-6-11(10(2)18)8-16(14)3/h4-8H,1-3H3. The molecule has 0 aliphatic carbocycles. The first-order valence-electron chi connectivity index (χ1n) is 6.44. The average molecular weight is 302 g/mol. The van der Waals surface area contributed by atoms with Gasteiger partial charge in [-0.25, -0.2) is 4.79 Å². The van der Waals surface area contributed by atoms with Crippen LogP contribution in [0.5, 0.6) is 5.75 Å². The number of carbonyl (C=O) groups excluding carboxylic acids is 2. The van der Waals surface area contributed by atoms with Crippen molar-refractivity contribution in [1.29, 1.82) is 0 Å². The Morgan fingerprint density at radius 2 is 1.95 bits per heavy atom. The highest BCUT2D eigenvalue weighted by Crippen LogP contribution is 2.24. The minimum atomic E-state index is -0.687. The lowest BCUT2D eigenvalue weighted by molar-refractivity contribution is -0.385. The summed E-state index contributed by atoms with van der Waals surface area (Å²) in [7, 11) is 1.61. The van der Waals surface area contributed by atoms with Crippen LogP contribution in [0, 0.1) is 17.0 Å². The van der Waals surface area contributed by atoms with Crippen molar-refractivity contribution in [1.82, 2.24) is 4.57 Å². The van der Waals surface area contributed by atoms with Crippen LogP contribution in [0.3, 0.4) is 0 Å². The first-order valence-corrected chi connectivity index (χ1v) is 6.44. The van der Waals surface area contributed by atoms with Crippen LogP contribution >= 0.6 is 0 Å². The van der Waals surface area contributed by atoms with Gasteiger partial charge in [-0.2, -0.15) is 0 Å². The summed E-state index contributed by atoms with van der Waals surface area (Å²) in [5.41, 5.74) is 0.932. The number of hydrogen-bond donors (Lipinski definition) is 0. The van der Waals surface area contributed by atoms with Crippen LogP contribution in [0.2, 0.25) is 0 Å². The lowest BCUT2D eigenvalue weighted by Gasteiger charge is -2.05. The van der Waals surface area contributed by atoms with Crippen molar-refractivity contribution < 1.29 is 19.2 Å². The molecule has 7 heteroatoms. The van der Waals surface area contributed by atoms with E-state index in [1.807, 2.05) is 0 Å². The van der Waals surface area contributed by atoms with E-state index in [0.717, 1.165) is 0 Å². The molecule has 0 amide bonds. The molecule has 1 heterocycles. The van der Waals surface area contributed by atoms with Gasteiger partial charge < -0.3 is 9.30 Å². The molecule has 1 aromatic carbocycles. The highest BCUT2D eigenvalue weighted by molar-refractivity contribution is 5.98. The lowest BCUT2D eigenvalue weighted by atomic mass is 10.2. The predicted molar refractivity (Wildman–Crippen MR) is 78.2 cm³/mol. The zero-order chi connectivity index (χ0) is 16.4. The first-order chi connectivity index (χ1) is 10.3. The molecular formula is C15H14N2O5. The number of nitro groups is 1. The van der Waals surface area contributed by atoms with Crippen LogP contribution in [-0.2, 0) is 7.05 Å². The van der Waals surface area contributed by atoms with Crippen molar-refractivity contribution in [2.45, 2.75) is 13.8 Å². The maximum Gasteiger partial charge on any atom is 0.360 e. The van der Waals surface area contributed by atoms with Crippen LogP contribution in [0.15, 0.2) is 30.5 Å². The van der Waals surface area contributed by atoms with Crippen molar-refractivity contribution in [2.75, 3.05) is 0 Å². The Morgan fingerprint density at radius 3 is 2.50 bits per heavy atom. The molecule has 0 N–H and O–H groups in total. The van der Waals surface area contributed by atoms with E-state index in [-0.39, 0.29) is 22.9 Å². The quantitative estimate of drug-likeness (QED) is 0.285. The summed E-state index contributed by atoms with van der Waals surface area (Å²) in [6, 6.07) is 5.61. The third kappa shape index (κ3) is 3.03. The van der Waals surface area contributed by atoms with Gasteiger partial charge in [0.25, 0.3) is 5.69 Å². The number of ether oxygens (including phenoxy) is 1. The summed E-state index contributed by atoms with van der Waals surface area (Å²) in [5.74, 6) is -0.776. The molecule has 0 atom stereocenters. The summed E-state index contributed by atoms with van der Waals surface area (Å²) in [6.07, 6.45) is 1.52. The summed E-state index contributed by atoms with van der Waals surface area (Å²) in [4.78, 5) is 33.8. The number of carbonyl (C=O) groups is 2. The second kappa shape index (κ2) is 5.80. The molecule has 2 aromatic rings. The van der Waals surface area contributed by atoms with Crippen LogP contribution in [0.1, 0.15) is 33.3 Å². The molecule has 0 saturated heterocycles. The Hall–Kier alpha value is -2.96. The topological polar surface area (TPSA) is 91.4 Å². The van der Waals surface area contributed by atoms with E-state index in [4.69, 9.17) is 4.74 Å². The fourth-order valence-corrected chi connectivity index (χ4v) is 1.97. The molecular weight excluding hydrogens is 288 g/mol. The maximum absolute atomic E-state index is 12.1. The van der Waals surface area contributed by atoms with Gasteiger partial charge in [-0.3, -0.25) is 14.9 Å². The molecule has 0 unspecified atom stereocenters. The van der Waals surface area contributed by atoms with E-state index < -0.39 is 10.9 Å². The zero-order valence-corrected chi connectivity index (χ0v) is 12.3. The smallest absolute Gasteiger partial charge is 0.360 e. The predicted octanol–water partition coefficient (Wildman–Crippen LogP) is 2.66. The van der Waals surface area contributed by atoms with Gasteiger partial charge >= 0.3 is 5.97 Å². The number of benzene rings is 1. The normalized spacial score (nSPS) is 10.3. The molecule has 0 fully saturated rings. The number of Topliss-reactive ketones (excluding diaryl/α,β-unsaturated/α-hetero) is 1. The van der Waals surface area contributed by atoms with E-state index in [1.165, 1.54) is 42.0 Å². The number of esters is 1. The fraction of sp³-hybridized carbons (Fsp3) is 0.200. The highest BCUT2D eigenvalue weighted by atomic mass is 16.6. The summed E-state index contributed by atoms with van der Waals surface area (Å²) < 4.78 is 6.62. The first kappa shape index (κ1) is 15.4. The number of hydrogen-bond acceptors (Lipinski definition) is 5. The van der Waals surface area contributed by atoms with Crippen molar-refractivity contribution in [3.8, 4) is 5.75 Å². The van der Waals surface area contributed by atoms with E-state index in [1.54, 1.807) is 14.0 Å². The number of aromatic nitrogens is 1. The molecule has 22 heavy (non-hydrogen) atoms. The average Bonchev–Trinajstić information content (AvgIpc) is 2.83. The minimum Gasteiger partial charge on any atom is -0.422 e. The maximum atomic E-state index is 12.1. The van der Waals surface area contributed by atoms with Gasteiger partial charge in [-0.1, -0.05) is 0 Å². The number of aryl methyl sites for hydroxylation is 2. The fourth-order valence-electron chi connectivity index (χ4n) is 1.97. The Morgan fingerprint density at radius 1 is 1.27 bits per heavy atom. The van der Waals surface area contributed by atoms with Crippen molar-refractivity contribution in [2.24, 2.45) is 7.05 Å². The molecule has 1 aromatic heterocycles. The van der Waals surface area contributed by atoms with E-state index in [0.29, 0.717) is 11.1 Å². The van der Waals surface area contributed by atoms with Crippen molar-refractivity contribution >= 4 is 17.4 Å². The van der Waals surface area contributed by atoms with Crippen LogP contribution in [0.25, 0.3) is 0 Å². The second-order valence-electron chi connectivity index (χ2n) is 4.88. The molecule has 0 spiro atoms.